The number of ether oxygens (including phenoxy) is 2. The Morgan fingerprint density at radius 1 is 1.28 bits per heavy atom. The van der Waals surface area contributed by atoms with Gasteiger partial charge in [0.05, 0.1) is 31.1 Å². The lowest BCUT2D eigenvalue weighted by Gasteiger charge is -2.44. The van der Waals surface area contributed by atoms with Crippen LogP contribution < -0.4 is 15.1 Å². The van der Waals surface area contributed by atoms with Crippen molar-refractivity contribution in [1.29, 1.82) is 0 Å². The van der Waals surface area contributed by atoms with Crippen molar-refractivity contribution in [2.45, 2.75) is 31.6 Å². The molecule has 1 aromatic carbocycles. The van der Waals surface area contributed by atoms with Crippen LogP contribution in [0, 0.1) is 5.82 Å². The van der Waals surface area contributed by atoms with Gasteiger partial charge in [0.2, 0.25) is 5.91 Å². The second kappa shape index (κ2) is 8.91. The third kappa shape index (κ3) is 4.22. The molecule has 174 valence electrons. The maximum Gasteiger partial charge on any atom is 0.414 e. The maximum absolute atomic E-state index is 15.0. The van der Waals surface area contributed by atoms with Crippen molar-refractivity contribution in [2.24, 2.45) is 0 Å². The average Bonchev–Trinajstić information content (AvgIpc) is 3.36. The summed E-state index contributed by atoms with van der Waals surface area (Å²) in [7, 11) is 0. The number of aliphatic hydroxyl groups is 1. The summed E-state index contributed by atoms with van der Waals surface area (Å²) in [5.41, 5.74) is 0.0486. The first-order valence-corrected chi connectivity index (χ1v) is 10.7. The van der Waals surface area contributed by atoms with E-state index in [4.69, 9.17) is 9.47 Å². The zero-order valence-electron chi connectivity index (χ0n) is 17.9. The number of piperidine rings is 1. The van der Waals surface area contributed by atoms with Crippen molar-refractivity contribution in [2.75, 3.05) is 55.7 Å². The van der Waals surface area contributed by atoms with E-state index in [0.29, 0.717) is 50.5 Å². The van der Waals surface area contributed by atoms with Gasteiger partial charge in [0.1, 0.15) is 24.3 Å². The number of aliphatic hydroxyl groups excluding tert-OH is 1. The fraction of sp³-hybridized carbons (Fsp3) is 0.571. The van der Waals surface area contributed by atoms with Crippen LogP contribution in [0.25, 0.3) is 0 Å². The normalized spacial score (nSPS) is 22.4. The molecular formula is C21H27FN4O6. The highest BCUT2D eigenvalue weighted by Gasteiger charge is 2.47. The molecule has 3 heterocycles. The molecule has 1 unspecified atom stereocenters. The lowest BCUT2D eigenvalue weighted by molar-refractivity contribution is -0.155. The van der Waals surface area contributed by atoms with Crippen LogP contribution in [0.15, 0.2) is 18.2 Å². The van der Waals surface area contributed by atoms with Crippen LogP contribution in [0.2, 0.25) is 0 Å². The number of carbonyl (C=O) groups excluding carboxylic acids is 3. The topological polar surface area (TPSA) is 112 Å². The van der Waals surface area contributed by atoms with Gasteiger partial charge in [-0.05, 0) is 18.2 Å². The lowest BCUT2D eigenvalue weighted by Crippen LogP contribution is -2.55. The molecule has 32 heavy (non-hydrogen) atoms. The summed E-state index contributed by atoms with van der Waals surface area (Å²) in [4.78, 5) is 40.1. The maximum atomic E-state index is 15.0. The number of nitrogens with zero attached hydrogens (tertiary/aromatic N) is 3. The largest absolute Gasteiger partial charge is 0.442 e. The van der Waals surface area contributed by atoms with E-state index in [-0.39, 0.29) is 24.9 Å². The van der Waals surface area contributed by atoms with Crippen LogP contribution in [0.3, 0.4) is 0 Å². The van der Waals surface area contributed by atoms with Crippen molar-refractivity contribution in [1.82, 2.24) is 10.2 Å². The molecule has 1 spiro atoms. The van der Waals surface area contributed by atoms with Gasteiger partial charge in [-0.1, -0.05) is 0 Å². The van der Waals surface area contributed by atoms with Crippen LogP contribution in [-0.2, 0) is 19.1 Å². The fourth-order valence-corrected chi connectivity index (χ4v) is 4.57. The molecule has 0 radical (unpaired) electrons. The highest BCUT2D eigenvalue weighted by molar-refractivity contribution is 5.90. The molecule has 0 bridgehead atoms. The minimum absolute atomic E-state index is 0.200. The fourth-order valence-electron chi connectivity index (χ4n) is 4.57. The second-order valence-electron chi connectivity index (χ2n) is 8.17. The van der Waals surface area contributed by atoms with Crippen LogP contribution >= 0.6 is 0 Å². The van der Waals surface area contributed by atoms with E-state index in [1.165, 1.54) is 17.9 Å². The van der Waals surface area contributed by atoms with Crippen molar-refractivity contribution < 1.29 is 33.4 Å². The first-order valence-electron chi connectivity index (χ1n) is 10.7. The minimum atomic E-state index is -0.741. The summed E-state index contributed by atoms with van der Waals surface area (Å²) in [5, 5.41) is 11.8. The first kappa shape index (κ1) is 22.3. The Labute approximate surface area is 184 Å². The van der Waals surface area contributed by atoms with E-state index in [9.17, 15) is 23.9 Å². The molecular weight excluding hydrogens is 423 g/mol. The summed E-state index contributed by atoms with van der Waals surface area (Å²) in [6, 6.07) is 4.59. The van der Waals surface area contributed by atoms with E-state index in [0.717, 1.165) is 0 Å². The predicted molar refractivity (Wildman–Crippen MR) is 112 cm³/mol. The molecule has 10 nitrogen and oxygen atoms in total. The molecule has 3 saturated heterocycles. The summed E-state index contributed by atoms with van der Waals surface area (Å²) in [5.74, 6) is -1.04. The molecule has 1 aromatic rings. The summed E-state index contributed by atoms with van der Waals surface area (Å²) in [6.45, 7) is 3.07. The Hall–Kier alpha value is -2.92. The predicted octanol–water partition coefficient (Wildman–Crippen LogP) is 0.435. The average molecular weight is 450 g/mol. The molecule has 0 saturated carbocycles. The SMILES string of the molecule is CC(=O)NCC1CN(c2ccc(N3CCC4(CC3)OCCN4C(=O)CO)c(F)c2)C(=O)O1. The smallest absolute Gasteiger partial charge is 0.414 e. The Kier molecular flexibility index (Phi) is 6.20. The number of benzene rings is 1. The molecule has 3 aliphatic heterocycles. The van der Waals surface area contributed by atoms with Crippen molar-refractivity contribution >= 4 is 29.3 Å². The van der Waals surface area contributed by atoms with Gasteiger partial charge in [0, 0.05) is 39.4 Å². The number of hydrogen-bond acceptors (Lipinski definition) is 7. The molecule has 4 rings (SSSR count). The number of nitrogens with one attached hydrogen (secondary N) is 1. The van der Waals surface area contributed by atoms with Gasteiger partial charge in [-0.2, -0.15) is 0 Å². The number of anilines is 2. The highest BCUT2D eigenvalue weighted by Crippen LogP contribution is 2.37. The van der Waals surface area contributed by atoms with Gasteiger partial charge in [0.15, 0.2) is 0 Å². The number of amides is 3. The number of cyclic esters (lactones) is 1. The van der Waals surface area contributed by atoms with Gasteiger partial charge in [-0.25, -0.2) is 9.18 Å². The quantitative estimate of drug-likeness (QED) is 0.669. The zero-order chi connectivity index (χ0) is 22.9. The zero-order valence-corrected chi connectivity index (χ0v) is 17.9. The number of halogens is 1. The van der Waals surface area contributed by atoms with Crippen molar-refractivity contribution in [3.05, 3.63) is 24.0 Å². The Morgan fingerprint density at radius 3 is 2.69 bits per heavy atom. The third-order valence-corrected chi connectivity index (χ3v) is 6.19. The van der Waals surface area contributed by atoms with Crippen LogP contribution in [0.1, 0.15) is 19.8 Å². The second-order valence-corrected chi connectivity index (χ2v) is 8.17. The molecule has 0 aliphatic carbocycles. The molecule has 11 heteroatoms. The van der Waals surface area contributed by atoms with Gasteiger partial charge >= 0.3 is 6.09 Å². The summed E-state index contributed by atoms with van der Waals surface area (Å²) < 4.78 is 26.1. The van der Waals surface area contributed by atoms with Crippen LogP contribution in [0.4, 0.5) is 20.6 Å². The minimum Gasteiger partial charge on any atom is -0.442 e. The van der Waals surface area contributed by atoms with Gasteiger partial charge < -0.3 is 29.7 Å². The number of hydrogen-bond donors (Lipinski definition) is 2. The van der Waals surface area contributed by atoms with E-state index in [1.807, 2.05) is 4.90 Å². The standard InChI is InChI=1S/C21H27FN4O6/c1-14(28)23-11-16-12-25(20(30)32-16)15-2-3-18(17(22)10-15)24-6-4-21(5-7-24)26(8-9-31-21)19(29)13-27/h2-3,10,16,27H,4-9,11-13H2,1H3,(H,23,28). The summed E-state index contributed by atoms with van der Waals surface area (Å²) in [6.07, 6.45) is -0.0743. The van der Waals surface area contributed by atoms with Gasteiger partial charge in [0.25, 0.3) is 5.91 Å². The van der Waals surface area contributed by atoms with Gasteiger partial charge in [-0.3, -0.25) is 14.5 Å². The van der Waals surface area contributed by atoms with E-state index in [1.54, 1.807) is 17.0 Å². The van der Waals surface area contributed by atoms with Gasteiger partial charge in [-0.15, -0.1) is 0 Å². The van der Waals surface area contributed by atoms with Crippen LogP contribution in [-0.4, -0.2) is 85.7 Å². The molecule has 3 amide bonds. The first-order chi connectivity index (χ1) is 15.3. The Morgan fingerprint density at radius 2 is 2.03 bits per heavy atom. The van der Waals surface area contributed by atoms with Crippen LogP contribution in [0.5, 0.6) is 0 Å². The molecule has 0 aromatic heterocycles. The van der Waals surface area contributed by atoms with Crippen molar-refractivity contribution in [3.63, 3.8) is 0 Å². The third-order valence-electron chi connectivity index (χ3n) is 6.19. The molecule has 3 aliphatic rings. The number of rotatable bonds is 5. The number of carbonyl (C=O) groups is 3. The Bertz CT molecular complexity index is 904. The van der Waals surface area contributed by atoms with Crippen molar-refractivity contribution in [3.8, 4) is 0 Å². The highest BCUT2D eigenvalue weighted by atomic mass is 19.1. The van der Waals surface area contributed by atoms with E-state index in [2.05, 4.69) is 5.32 Å². The summed E-state index contributed by atoms with van der Waals surface area (Å²) >= 11 is 0. The Balaban J connectivity index is 1.41. The van der Waals surface area contributed by atoms with E-state index < -0.39 is 30.3 Å². The lowest BCUT2D eigenvalue weighted by atomic mass is 9.98. The molecule has 2 N–H and O–H groups in total. The molecule has 3 fully saturated rings. The van der Waals surface area contributed by atoms with E-state index >= 15 is 0 Å². The monoisotopic (exact) mass is 450 g/mol. The molecule has 1 atom stereocenters.